The van der Waals surface area contributed by atoms with Gasteiger partial charge in [-0.2, -0.15) is 5.10 Å². The first-order chi connectivity index (χ1) is 23.3. The van der Waals surface area contributed by atoms with Crippen molar-refractivity contribution in [2.45, 2.75) is 90.5 Å². The van der Waals surface area contributed by atoms with E-state index in [1.54, 1.807) is 24.8 Å². The second-order valence-electron chi connectivity index (χ2n) is 14.9. The Kier molecular flexibility index (Phi) is 11.8. The van der Waals surface area contributed by atoms with Crippen molar-refractivity contribution in [2.75, 3.05) is 13.2 Å². The summed E-state index contributed by atoms with van der Waals surface area (Å²) < 4.78 is 17.8. The molecule has 0 radical (unpaired) electrons. The first kappa shape index (κ1) is 36.9. The van der Waals surface area contributed by atoms with Gasteiger partial charge in [-0.15, -0.1) is 0 Å². The van der Waals surface area contributed by atoms with E-state index in [4.69, 9.17) is 19.6 Å². The summed E-state index contributed by atoms with van der Waals surface area (Å²) in [5, 5.41) is 4.71. The molecule has 0 aromatic carbocycles. The van der Waals surface area contributed by atoms with Crippen molar-refractivity contribution in [3.8, 4) is 11.4 Å². The molecule has 0 N–H and O–H groups in total. The van der Waals surface area contributed by atoms with Gasteiger partial charge in [0, 0.05) is 60.1 Å². The molecule has 5 aromatic rings. The molecule has 1 aliphatic rings. The first-order valence-corrected chi connectivity index (χ1v) is 25.0. The number of aryl methyl sites for hydroxylation is 1. The maximum Gasteiger partial charge on any atom is 0.161 e. The molecule has 0 atom stereocenters. The molecule has 0 bridgehead atoms. The molecule has 5 aromatic heterocycles. The maximum absolute atomic E-state index is 11.6. The van der Waals surface area contributed by atoms with E-state index in [0.717, 1.165) is 62.1 Å². The molecule has 15 heteroatoms. The van der Waals surface area contributed by atoms with Gasteiger partial charge in [-0.3, -0.25) is 14.3 Å². The van der Waals surface area contributed by atoms with E-state index < -0.39 is 16.1 Å². The Morgan fingerprint density at radius 1 is 0.796 bits per heavy atom. The highest BCUT2D eigenvalue weighted by atomic mass is 79.9. The van der Waals surface area contributed by atoms with Crippen molar-refractivity contribution in [1.82, 2.24) is 38.9 Å². The third-order valence-electron chi connectivity index (χ3n) is 8.47. The molecule has 0 saturated heterocycles. The highest BCUT2D eigenvalue weighted by Gasteiger charge is 2.23. The minimum absolute atomic E-state index is 0.377. The number of fused-ring (bicyclic) bond motifs is 3. The van der Waals surface area contributed by atoms with Crippen LogP contribution in [0.2, 0.25) is 51.4 Å². The van der Waals surface area contributed by atoms with E-state index in [-0.39, 0.29) is 0 Å². The van der Waals surface area contributed by atoms with Crippen LogP contribution in [-0.4, -0.2) is 80.8 Å². The third-order valence-corrected chi connectivity index (χ3v) is 12.3. The maximum atomic E-state index is 11.6. The number of hydrogen-bond acceptors (Lipinski definition) is 9. The van der Waals surface area contributed by atoms with Crippen molar-refractivity contribution < 1.29 is 19.1 Å². The van der Waals surface area contributed by atoms with Gasteiger partial charge in [-0.05, 0) is 53.7 Å². The zero-order valence-corrected chi connectivity index (χ0v) is 33.2. The van der Waals surface area contributed by atoms with Crippen molar-refractivity contribution in [1.29, 1.82) is 0 Å². The monoisotopic (exact) mass is 766 g/mol. The van der Waals surface area contributed by atoms with Gasteiger partial charge in [0.25, 0.3) is 0 Å². The van der Waals surface area contributed by atoms with Crippen LogP contribution >= 0.6 is 15.9 Å². The van der Waals surface area contributed by atoms with Crippen molar-refractivity contribution in [3.05, 3.63) is 51.8 Å². The topological polar surface area (TPSA) is 132 Å². The minimum Gasteiger partial charge on any atom is -0.361 e. The smallest absolute Gasteiger partial charge is 0.161 e. The number of carbonyl (C=O) groups excluding carboxylic acids is 2. The molecule has 0 fully saturated rings. The van der Waals surface area contributed by atoms with E-state index in [0.29, 0.717) is 51.5 Å². The Labute approximate surface area is 297 Å². The molecule has 1 aliphatic carbocycles. The van der Waals surface area contributed by atoms with E-state index >= 15 is 0 Å². The summed E-state index contributed by atoms with van der Waals surface area (Å²) in [5.74, 6) is 0. The highest BCUT2D eigenvalue weighted by molar-refractivity contribution is 9.10. The average Bonchev–Trinajstić information content (AvgIpc) is 3.71. The summed E-state index contributed by atoms with van der Waals surface area (Å²) in [6, 6.07) is 2.22. The van der Waals surface area contributed by atoms with Gasteiger partial charge in [-0.25, -0.2) is 19.9 Å². The van der Waals surface area contributed by atoms with Crippen LogP contribution in [0.3, 0.4) is 0 Å². The van der Waals surface area contributed by atoms with Crippen LogP contribution in [-0.2, 0) is 42.8 Å². The third kappa shape index (κ3) is 9.25. The van der Waals surface area contributed by atoms with Crippen molar-refractivity contribution >= 4 is 67.0 Å². The molecule has 0 saturated carbocycles. The van der Waals surface area contributed by atoms with Crippen molar-refractivity contribution in [2.24, 2.45) is 7.05 Å². The van der Waals surface area contributed by atoms with E-state index in [2.05, 4.69) is 70.2 Å². The van der Waals surface area contributed by atoms with Gasteiger partial charge >= 0.3 is 0 Å². The van der Waals surface area contributed by atoms with Crippen LogP contribution in [0.15, 0.2) is 29.4 Å². The summed E-state index contributed by atoms with van der Waals surface area (Å²) in [5.41, 5.74) is 7.81. The molecular formula is C34H47BrN8O4Si2. The van der Waals surface area contributed by atoms with Crippen LogP contribution in [0.25, 0.3) is 33.7 Å². The number of nitrogens with zero attached hydrogens (tertiary/aromatic N) is 8. The molecule has 6 rings (SSSR count). The standard InChI is InChI=1S/C21H29N5O2Si.C13H18BrN3O2Si/c1-25-18-8-6-5-7-16(18)20(24-25)17-11-22-21-19(23-17)15(13-27)12-26(21)14-28-9-10-29(2,3)4;1-20(2,3)5-4-19-9-17-7-10(8-18)12-13(17)15-6-11(14)16-12/h11-13H,5-10,14H2,1-4H3;6-8H,4-5,9H2,1-3H3. The first-order valence-electron chi connectivity index (χ1n) is 16.8. The average molecular weight is 768 g/mol. The molecule has 0 amide bonds. The Morgan fingerprint density at radius 2 is 1.33 bits per heavy atom. The van der Waals surface area contributed by atoms with Gasteiger partial charge in [0.05, 0.1) is 23.5 Å². The lowest BCUT2D eigenvalue weighted by Gasteiger charge is -2.15. The van der Waals surface area contributed by atoms with Gasteiger partial charge < -0.3 is 18.6 Å². The van der Waals surface area contributed by atoms with Crippen LogP contribution in [0.5, 0.6) is 0 Å². The highest BCUT2D eigenvalue weighted by Crippen LogP contribution is 2.31. The number of ether oxygens (including phenoxy) is 2. The van der Waals surface area contributed by atoms with Gasteiger partial charge in [0.15, 0.2) is 23.9 Å². The summed E-state index contributed by atoms with van der Waals surface area (Å²) in [7, 11) is -0.225. The predicted octanol–water partition coefficient (Wildman–Crippen LogP) is 7.15. The fourth-order valence-corrected chi connectivity index (χ4v) is 7.47. The second kappa shape index (κ2) is 15.7. The SMILES string of the molecule is C[Si](C)(C)CCOCn1cc(C=O)c2nc(Br)cnc21.Cn1nc(-c2cnc3c(n2)c(C=O)cn3COCC[Si](C)(C)C)c2c1CCCC2. The quantitative estimate of drug-likeness (QED) is 0.0696. The molecule has 262 valence electrons. The molecular weight excluding hydrogens is 721 g/mol. The lowest BCUT2D eigenvalue weighted by molar-refractivity contribution is 0.0895. The Morgan fingerprint density at radius 3 is 1.88 bits per heavy atom. The fourth-order valence-electron chi connectivity index (χ4n) is 5.68. The number of carbonyl (C=O) groups is 2. The summed E-state index contributed by atoms with van der Waals surface area (Å²) in [4.78, 5) is 40.7. The minimum atomic E-state index is -1.13. The zero-order valence-electron chi connectivity index (χ0n) is 29.6. The van der Waals surface area contributed by atoms with Crippen LogP contribution < -0.4 is 0 Å². The van der Waals surface area contributed by atoms with Gasteiger partial charge in [0.2, 0.25) is 0 Å². The second-order valence-corrected chi connectivity index (χ2v) is 27.0. The Balaban J connectivity index is 0.000000205. The molecule has 0 unspecified atom stereocenters. The van der Waals surface area contributed by atoms with Crippen LogP contribution in [0.1, 0.15) is 44.8 Å². The fraction of sp³-hybridized carbons (Fsp3) is 0.500. The van der Waals surface area contributed by atoms with Gasteiger partial charge in [0.1, 0.15) is 40.5 Å². The normalized spacial score (nSPS) is 13.4. The molecule has 0 aliphatic heterocycles. The molecule has 5 heterocycles. The Bertz CT molecular complexity index is 1940. The summed E-state index contributed by atoms with van der Waals surface area (Å²) >= 11 is 3.27. The lowest BCUT2D eigenvalue weighted by Crippen LogP contribution is -2.22. The van der Waals surface area contributed by atoms with Gasteiger partial charge in [-0.1, -0.05) is 39.3 Å². The zero-order chi connectivity index (χ0) is 35.3. The largest absolute Gasteiger partial charge is 0.361 e. The number of aldehydes is 2. The predicted molar refractivity (Wildman–Crippen MR) is 201 cm³/mol. The molecule has 49 heavy (non-hydrogen) atoms. The lowest BCUT2D eigenvalue weighted by atomic mass is 9.95. The Hall–Kier alpha value is -3.38. The van der Waals surface area contributed by atoms with E-state index in [1.165, 1.54) is 24.1 Å². The number of hydrogen-bond donors (Lipinski definition) is 0. The number of aromatic nitrogens is 8. The summed E-state index contributed by atoms with van der Waals surface area (Å²) in [6.45, 7) is 16.2. The molecule has 0 spiro atoms. The van der Waals surface area contributed by atoms with E-state index in [9.17, 15) is 9.59 Å². The summed E-state index contributed by atoms with van der Waals surface area (Å²) in [6.07, 6.45) is 13.0. The number of halogens is 1. The van der Waals surface area contributed by atoms with Crippen LogP contribution in [0, 0.1) is 0 Å². The van der Waals surface area contributed by atoms with Crippen molar-refractivity contribution in [3.63, 3.8) is 0 Å². The number of rotatable bonds is 13. The van der Waals surface area contributed by atoms with Crippen LogP contribution in [0.4, 0.5) is 0 Å². The van der Waals surface area contributed by atoms with E-state index in [1.807, 2.05) is 20.9 Å². The molecule has 12 nitrogen and oxygen atoms in total.